The fourth-order valence-corrected chi connectivity index (χ4v) is 2.94. The lowest BCUT2D eigenvalue weighted by atomic mass is 10.0. The van der Waals surface area contributed by atoms with Crippen LogP contribution in [0.3, 0.4) is 0 Å². The van der Waals surface area contributed by atoms with E-state index in [2.05, 4.69) is 28.2 Å². The highest BCUT2D eigenvalue weighted by Gasteiger charge is 2.08. The van der Waals surface area contributed by atoms with E-state index < -0.39 is 0 Å². The summed E-state index contributed by atoms with van der Waals surface area (Å²) in [5.74, 6) is 1.51. The van der Waals surface area contributed by atoms with Crippen LogP contribution in [0.5, 0.6) is 0 Å². The van der Waals surface area contributed by atoms with Crippen molar-refractivity contribution in [3.05, 3.63) is 77.0 Å². The van der Waals surface area contributed by atoms with Gasteiger partial charge in [-0.25, -0.2) is 4.98 Å². The van der Waals surface area contributed by atoms with Gasteiger partial charge >= 0.3 is 0 Å². The van der Waals surface area contributed by atoms with Crippen molar-refractivity contribution in [2.75, 3.05) is 0 Å². The maximum Gasteiger partial charge on any atom is 0.174 e. The number of benzene rings is 2. The third-order valence-electron chi connectivity index (χ3n) is 3.89. The number of aromatic nitrogens is 2. The van der Waals surface area contributed by atoms with Crippen LogP contribution in [0.1, 0.15) is 11.1 Å². The first kappa shape index (κ1) is 14.1. The molecule has 23 heavy (non-hydrogen) atoms. The number of hydrogen-bond acceptors (Lipinski definition) is 2. The summed E-state index contributed by atoms with van der Waals surface area (Å²) in [5, 5.41) is 0.787. The van der Waals surface area contributed by atoms with Gasteiger partial charge in [0.05, 0.1) is 17.3 Å². The first-order valence-corrected chi connectivity index (χ1v) is 7.93. The lowest BCUT2D eigenvalue weighted by Gasteiger charge is -2.03. The first-order valence-electron chi connectivity index (χ1n) is 7.55. The number of aryl methyl sites for hydroxylation is 2. The van der Waals surface area contributed by atoms with E-state index in [9.17, 15) is 0 Å². The quantitative estimate of drug-likeness (QED) is 0.556. The monoisotopic (exact) mass is 322 g/mol. The number of imidazole rings is 1. The van der Waals surface area contributed by atoms with Gasteiger partial charge in [0.15, 0.2) is 11.6 Å². The molecule has 0 atom stereocenters. The van der Waals surface area contributed by atoms with E-state index in [1.807, 2.05) is 36.4 Å². The Morgan fingerprint density at radius 2 is 1.83 bits per heavy atom. The molecule has 0 unspecified atom stereocenters. The normalized spacial score (nSPS) is 11.2. The lowest BCUT2D eigenvalue weighted by Crippen LogP contribution is -1.91. The molecule has 4 heteroatoms. The third kappa shape index (κ3) is 3.01. The number of nitrogens with one attached hydrogen (secondary N) is 1. The van der Waals surface area contributed by atoms with E-state index >= 15 is 0 Å². The van der Waals surface area contributed by atoms with Crippen molar-refractivity contribution in [1.29, 1.82) is 0 Å². The highest BCUT2D eigenvalue weighted by molar-refractivity contribution is 6.30. The molecule has 0 fully saturated rings. The summed E-state index contributed by atoms with van der Waals surface area (Å²) < 4.78 is 5.39. The van der Waals surface area contributed by atoms with Crippen LogP contribution in [0.15, 0.2) is 65.3 Å². The summed E-state index contributed by atoms with van der Waals surface area (Å²) >= 11 is 6.03. The second-order valence-corrected chi connectivity index (χ2v) is 5.98. The van der Waals surface area contributed by atoms with Crippen molar-refractivity contribution >= 4 is 22.6 Å². The molecular weight excluding hydrogens is 308 g/mol. The average Bonchev–Trinajstić information content (AvgIpc) is 3.21. The number of fused-ring (bicyclic) bond motifs is 1. The molecule has 4 rings (SSSR count). The van der Waals surface area contributed by atoms with Gasteiger partial charge < -0.3 is 9.40 Å². The van der Waals surface area contributed by atoms with Crippen LogP contribution in [-0.4, -0.2) is 9.97 Å². The second kappa shape index (κ2) is 5.94. The summed E-state index contributed by atoms with van der Waals surface area (Å²) in [4.78, 5) is 7.88. The predicted molar refractivity (Wildman–Crippen MR) is 92.7 cm³/mol. The van der Waals surface area contributed by atoms with Crippen molar-refractivity contribution < 1.29 is 4.42 Å². The van der Waals surface area contributed by atoms with Crippen molar-refractivity contribution in [1.82, 2.24) is 9.97 Å². The number of nitrogens with zero attached hydrogens (tertiary/aromatic N) is 1. The standard InChI is InChI=1S/C19H15ClN2O/c20-15-4-1-3-13(11-15)6-7-14-8-9-16-17(12-14)22-19(21-16)18-5-2-10-23-18/h1-5,8-12H,6-7H2,(H,21,22). The van der Waals surface area contributed by atoms with Crippen LogP contribution < -0.4 is 0 Å². The molecule has 0 aliphatic heterocycles. The van der Waals surface area contributed by atoms with Gasteiger partial charge in [-0.2, -0.15) is 0 Å². The Hall–Kier alpha value is -2.52. The van der Waals surface area contributed by atoms with E-state index in [1.165, 1.54) is 11.1 Å². The van der Waals surface area contributed by atoms with Gasteiger partial charge in [0.1, 0.15) is 0 Å². The Labute approximate surface area is 138 Å². The number of hydrogen-bond donors (Lipinski definition) is 1. The van der Waals surface area contributed by atoms with Crippen molar-refractivity contribution in [3.8, 4) is 11.6 Å². The summed E-state index contributed by atoms with van der Waals surface area (Å²) in [7, 11) is 0. The molecule has 0 aliphatic rings. The molecule has 3 nitrogen and oxygen atoms in total. The zero-order chi connectivity index (χ0) is 15.6. The van der Waals surface area contributed by atoms with Crippen LogP contribution in [0, 0.1) is 0 Å². The summed E-state index contributed by atoms with van der Waals surface area (Å²) in [5.41, 5.74) is 4.49. The maximum atomic E-state index is 6.03. The van der Waals surface area contributed by atoms with E-state index in [-0.39, 0.29) is 0 Å². The van der Waals surface area contributed by atoms with Crippen LogP contribution in [0.2, 0.25) is 5.02 Å². The van der Waals surface area contributed by atoms with Crippen LogP contribution in [0.25, 0.3) is 22.6 Å². The Bertz CT molecular complexity index is 941. The number of aromatic amines is 1. The molecule has 0 amide bonds. The van der Waals surface area contributed by atoms with E-state index in [4.69, 9.17) is 16.0 Å². The number of rotatable bonds is 4. The Morgan fingerprint density at radius 1 is 0.957 bits per heavy atom. The minimum atomic E-state index is 0.752. The summed E-state index contributed by atoms with van der Waals surface area (Å²) in [6.07, 6.45) is 3.58. The smallest absolute Gasteiger partial charge is 0.174 e. The molecule has 0 saturated heterocycles. The van der Waals surface area contributed by atoms with Crippen LogP contribution >= 0.6 is 11.6 Å². The molecule has 0 bridgehead atoms. The third-order valence-corrected chi connectivity index (χ3v) is 4.13. The van der Waals surface area contributed by atoms with Crippen molar-refractivity contribution in [2.24, 2.45) is 0 Å². The van der Waals surface area contributed by atoms with Gasteiger partial charge in [-0.05, 0) is 60.4 Å². The number of furan rings is 1. The molecule has 114 valence electrons. The number of H-pyrrole nitrogens is 1. The van der Waals surface area contributed by atoms with E-state index in [1.54, 1.807) is 6.26 Å². The SMILES string of the molecule is Clc1cccc(CCc2ccc3nc(-c4ccco4)[nH]c3c2)c1. The van der Waals surface area contributed by atoms with Gasteiger partial charge in [0, 0.05) is 5.02 Å². The summed E-state index contributed by atoms with van der Waals surface area (Å²) in [6.45, 7) is 0. The predicted octanol–water partition coefficient (Wildman–Crippen LogP) is 5.26. The van der Waals surface area contributed by atoms with E-state index in [0.29, 0.717) is 0 Å². The Morgan fingerprint density at radius 3 is 2.61 bits per heavy atom. The first-order chi connectivity index (χ1) is 11.3. The topological polar surface area (TPSA) is 41.8 Å². The van der Waals surface area contributed by atoms with Gasteiger partial charge in [-0.15, -0.1) is 0 Å². The Balaban J connectivity index is 1.56. The van der Waals surface area contributed by atoms with Gasteiger partial charge in [0.25, 0.3) is 0 Å². The molecule has 4 aromatic rings. The largest absolute Gasteiger partial charge is 0.461 e. The molecule has 2 heterocycles. The molecular formula is C19H15ClN2O. The molecule has 2 aromatic heterocycles. The van der Waals surface area contributed by atoms with Gasteiger partial charge in [-0.1, -0.05) is 29.8 Å². The zero-order valence-corrected chi connectivity index (χ0v) is 13.2. The van der Waals surface area contributed by atoms with Crippen molar-refractivity contribution in [3.63, 3.8) is 0 Å². The van der Waals surface area contributed by atoms with Gasteiger partial charge in [-0.3, -0.25) is 0 Å². The second-order valence-electron chi connectivity index (χ2n) is 5.54. The van der Waals surface area contributed by atoms with Crippen molar-refractivity contribution in [2.45, 2.75) is 12.8 Å². The molecule has 0 aliphatic carbocycles. The average molecular weight is 323 g/mol. The maximum absolute atomic E-state index is 6.03. The molecule has 2 aromatic carbocycles. The molecule has 0 radical (unpaired) electrons. The number of halogens is 1. The highest BCUT2D eigenvalue weighted by atomic mass is 35.5. The van der Waals surface area contributed by atoms with E-state index in [0.717, 1.165) is 40.5 Å². The van der Waals surface area contributed by atoms with Crippen LogP contribution in [0.4, 0.5) is 0 Å². The highest BCUT2D eigenvalue weighted by Crippen LogP contribution is 2.22. The zero-order valence-electron chi connectivity index (χ0n) is 12.4. The fraction of sp³-hybridized carbons (Fsp3) is 0.105. The molecule has 1 N–H and O–H groups in total. The lowest BCUT2D eigenvalue weighted by molar-refractivity contribution is 0.578. The Kier molecular flexibility index (Phi) is 3.64. The van der Waals surface area contributed by atoms with Gasteiger partial charge in [0.2, 0.25) is 0 Å². The fourth-order valence-electron chi connectivity index (χ4n) is 2.72. The molecule has 0 spiro atoms. The minimum Gasteiger partial charge on any atom is -0.461 e. The minimum absolute atomic E-state index is 0.752. The molecule has 0 saturated carbocycles. The van der Waals surface area contributed by atoms with Crippen LogP contribution in [-0.2, 0) is 12.8 Å². The summed E-state index contributed by atoms with van der Waals surface area (Å²) in [6, 6.07) is 18.1.